The molecular formula is C14H19NO3. The second-order valence-corrected chi connectivity index (χ2v) is 5.21. The van der Waals surface area contributed by atoms with Crippen molar-refractivity contribution in [1.82, 2.24) is 4.90 Å². The van der Waals surface area contributed by atoms with Crippen molar-refractivity contribution in [2.24, 2.45) is 0 Å². The van der Waals surface area contributed by atoms with Gasteiger partial charge < -0.3 is 14.9 Å². The standard InChI is InChI=1S/C14H19NO3/c1-18-10-4-2-9(3-5-10)11-6-7-15-8-12(16)14(17)13(11)15/h2-5,11-14,16-17H,6-8H2,1H3/t11-,12+,13+,14-/m1/s1. The molecule has 2 aliphatic rings. The van der Waals surface area contributed by atoms with E-state index in [9.17, 15) is 10.2 Å². The lowest BCUT2D eigenvalue weighted by atomic mass is 9.89. The van der Waals surface area contributed by atoms with E-state index in [4.69, 9.17) is 4.74 Å². The number of benzene rings is 1. The Kier molecular flexibility index (Phi) is 3.01. The number of ether oxygens (including phenoxy) is 1. The predicted molar refractivity (Wildman–Crippen MR) is 67.7 cm³/mol. The summed E-state index contributed by atoms with van der Waals surface area (Å²) in [5, 5.41) is 19.8. The topological polar surface area (TPSA) is 52.9 Å². The molecule has 4 nitrogen and oxygen atoms in total. The van der Waals surface area contributed by atoms with Crippen LogP contribution in [-0.4, -0.2) is 53.6 Å². The van der Waals surface area contributed by atoms with Gasteiger partial charge in [0, 0.05) is 18.5 Å². The smallest absolute Gasteiger partial charge is 0.118 e. The molecule has 18 heavy (non-hydrogen) atoms. The van der Waals surface area contributed by atoms with Crippen LogP contribution < -0.4 is 4.74 Å². The number of methoxy groups -OCH3 is 1. The summed E-state index contributed by atoms with van der Waals surface area (Å²) < 4.78 is 5.16. The maximum atomic E-state index is 10.1. The van der Waals surface area contributed by atoms with Crippen molar-refractivity contribution < 1.29 is 14.9 Å². The summed E-state index contributed by atoms with van der Waals surface area (Å²) >= 11 is 0. The molecule has 2 heterocycles. The molecule has 0 radical (unpaired) electrons. The molecule has 0 bridgehead atoms. The van der Waals surface area contributed by atoms with Gasteiger partial charge in [0.1, 0.15) is 5.75 Å². The van der Waals surface area contributed by atoms with Gasteiger partial charge in [-0.05, 0) is 30.7 Å². The Hall–Kier alpha value is -1.10. The van der Waals surface area contributed by atoms with Gasteiger partial charge in [-0.25, -0.2) is 0 Å². The highest BCUT2D eigenvalue weighted by atomic mass is 16.5. The molecule has 3 rings (SSSR count). The number of aliphatic hydroxyl groups is 2. The molecule has 0 spiro atoms. The molecule has 0 aromatic heterocycles. The van der Waals surface area contributed by atoms with Crippen LogP contribution in [0.25, 0.3) is 0 Å². The highest BCUT2D eigenvalue weighted by Crippen LogP contribution is 2.39. The molecule has 4 heteroatoms. The van der Waals surface area contributed by atoms with Gasteiger partial charge in [0.25, 0.3) is 0 Å². The Morgan fingerprint density at radius 1 is 1.22 bits per heavy atom. The van der Waals surface area contributed by atoms with Crippen LogP contribution in [0.1, 0.15) is 17.9 Å². The first-order chi connectivity index (χ1) is 8.70. The van der Waals surface area contributed by atoms with E-state index in [1.54, 1.807) is 7.11 Å². The molecule has 2 N–H and O–H groups in total. The van der Waals surface area contributed by atoms with Crippen molar-refractivity contribution in [1.29, 1.82) is 0 Å². The third kappa shape index (κ3) is 1.81. The Morgan fingerprint density at radius 2 is 1.94 bits per heavy atom. The van der Waals surface area contributed by atoms with Crippen molar-refractivity contribution in [3.8, 4) is 5.75 Å². The second-order valence-electron chi connectivity index (χ2n) is 5.21. The maximum Gasteiger partial charge on any atom is 0.118 e. The fourth-order valence-corrected chi connectivity index (χ4v) is 3.34. The predicted octanol–water partition coefficient (Wildman–Crippen LogP) is 0.589. The van der Waals surface area contributed by atoms with E-state index in [1.165, 1.54) is 5.56 Å². The molecular weight excluding hydrogens is 230 g/mol. The van der Waals surface area contributed by atoms with Crippen LogP contribution in [0.2, 0.25) is 0 Å². The van der Waals surface area contributed by atoms with Crippen LogP contribution >= 0.6 is 0 Å². The van der Waals surface area contributed by atoms with Gasteiger partial charge in [0.15, 0.2) is 0 Å². The minimum Gasteiger partial charge on any atom is -0.497 e. The number of hydrogen-bond acceptors (Lipinski definition) is 4. The first-order valence-corrected chi connectivity index (χ1v) is 6.45. The van der Waals surface area contributed by atoms with Gasteiger partial charge in [0.2, 0.25) is 0 Å². The van der Waals surface area contributed by atoms with Crippen molar-refractivity contribution in [2.45, 2.75) is 30.6 Å². The first kappa shape index (κ1) is 12.0. The number of hydrogen-bond donors (Lipinski definition) is 2. The summed E-state index contributed by atoms with van der Waals surface area (Å²) in [6.45, 7) is 1.55. The van der Waals surface area contributed by atoms with E-state index in [0.717, 1.165) is 18.7 Å². The highest BCUT2D eigenvalue weighted by Gasteiger charge is 2.47. The molecule has 0 saturated carbocycles. The van der Waals surface area contributed by atoms with Crippen LogP contribution in [0.3, 0.4) is 0 Å². The summed E-state index contributed by atoms with van der Waals surface area (Å²) in [7, 11) is 1.66. The van der Waals surface area contributed by atoms with E-state index in [0.29, 0.717) is 12.5 Å². The van der Waals surface area contributed by atoms with Crippen LogP contribution in [0.15, 0.2) is 24.3 Å². The molecule has 1 aromatic carbocycles. The Balaban J connectivity index is 1.83. The lowest BCUT2D eigenvalue weighted by Crippen LogP contribution is -2.35. The van der Waals surface area contributed by atoms with Gasteiger partial charge in [-0.1, -0.05) is 12.1 Å². The highest BCUT2D eigenvalue weighted by molar-refractivity contribution is 5.32. The largest absolute Gasteiger partial charge is 0.497 e. The number of nitrogens with zero attached hydrogens (tertiary/aromatic N) is 1. The number of aliphatic hydroxyl groups excluding tert-OH is 2. The molecule has 0 aliphatic carbocycles. The Morgan fingerprint density at radius 3 is 2.61 bits per heavy atom. The van der Waals surface area contributed by atoms with Crippen molar-refractivity contribution in [2.75, 3.05) is 20.2 Å². The molecule has 2 aliphatic heterocycles. The van der Waals surface area contributed by atoms with Gasteiger partial charge in [0.05, 0.1) is 19.3 Å². The summed E-state index contributed by atoms with van der Waals surface area (Å²) in [5.74, 6) is 1.16. The van der Waals surface area contributed by atoms with Crippen LogP contribution in [0.5, 0.6) is 5.75 Å². The maximum absolute atomic E-state index is 10.1. The lowest BCUT2D eigenvalue weighted by Gasteiger charge is -2.23. The monoisotopic (exact) mass is 249 g/mol. The summed E-state index contributed by atoms with van der Waals surface area (Å²) in [6.07, 6.45) is -0.184. The molecule has 2 saturated heterocycles. The van der Waals surface area contributed by atoms with E-state index in [1.807, 2.05) is 12.1 Å². The average Bonchev–Trinajstić information content (AvgIpc) is 2.92. The minimum absolute atomic E-state index is 0.0633. The molecule has 0 unspecified atom stereocenters. The van der Waals surface area contributed by atoms with E-state index >= 15 is 0 Å². The van der Waals surface area contributed by atoms with Crippen molar-refractivity contribution in [3.63, 3.8) is 0 Å². The number of rotatable bonds is 2. The third-order valence-electron chi connectivity index (χ3n) is 4.27. The van der Waals surface area contributed by atoms with E-state index in [-0.39, 0.29) is 6.04 Å². The minimum atomic E-state index is -0.625. The lowest BCUT2D eigenvalue weighted by molar-refractivity contribution is 0.0359. The molecule has 1 aromatic rings. The van der Waals surface area contributed by atoms with Gasteiger partial charge >= 0.3 is 0 Å². The van der Waals surface area contributed by atoms with E-state index < -0.39 is 12.2 Å². The molecule has 0 amide bonds. The van der Waals surface area contributed by atoms with Gasteiger partial charge in [-0.3, -0.25) is 4.90 Å². The normalized spacial score (nSPS) is 35.7. The zero-order chi connectivity index (χ0) is 12.7. The summed E-state index contributed by atoms with van der Waals surface area (Å²) in [6, 6.07) is 8.09. The molecule has 2 fully saturated rings. The Bertz CT molecular complexity index is 418. The van der Waals surface area contributed by atoms with Crippen LogP contribution in [0, 0.1) is 0 Å². The SMILES string of the molecule is COc1ccc([C@H]2CCN3C[C@H](O)[C@@H](O)[C@H]23)cc1. The first-order valence-electron chi connectivity index (χ1n) is 6.45. The zero-order valence-corrected chi connectivity index (χ0v) is 10.5. The average molecular weight is 249 g/mol. The van der Waals surface area contributed by atoms with Gasteiger partial charge in [-0.2, -0.15) is 0 Å². The molecule has 98 valence electrons. The van der Waals surface area contributed by atoms with E-state index in [2.05, 4.69) is 17.0 Å². The van der Waals surface area contributed by atoms with Gasteiger partial charge in [-0.15, -0.1) is 0 Å². The Labute approximate surface area is 107 Å². The van der Waals surface area contributed by atoms with Crippen LogP contribution in [0.4, 0.5) is 0 Å². The summed E-state index contributed by atoms with van der Waals surface area (Å²) in [5.41, 5.74) is 1.22. The second kappa shape index (κ2) is 4.53. The quantitative estimate of drug-likeness (QED) is 0.805. The zero-order valence-electron chi connectivity index (χ0n) is 10.5. The van der Waals surface area contributed by atoms with Crippen molar-refractivity contribution in [3.05, 3.63) is 29.8 Å². The fraction of sp³-hybridized carbons (Fsp3) is 0.571. The summed E-state index contributed by atoms with van der Waals surface area (Å²) in [4.78, 5) is 2.20. The molecule has 4 atom stereocenters. The fourth-order valence-electron chi connectivity index (χ4n) is 3.34. The third-order valence-corrected chi connectivity index (χ3v) is 4.27. The van der Waals surface area contributed by atoms with Crippen molar-refractivity contribution >= 4 is 0 Å². The van der Waals surface area contributed by atoms with Crippen LogP contribution in [-0.2, 0) is 0 Å². The number of fused-ring (bicyclic) bond motifs is 1.